The molecule has 0 aliphatic carbocycles. The minimum Gasteiger partial charge on any atom is -0.353 e. The summed E-state index contributed by atoms with van der Waals surface area (Å²) >= 11 is 0. The molecule has 26 heavy (non-hydrogen) atoms. The molecule has 0 aromatic carbocycles. The molecule has 2 aliphatic heterocycles. The van der Waals surface area contributed by atoms with Crippen molar-refractivity contribution in [2.24, 2.45) is 5.92 Å². The Morgan fingerprint density at radius 1 is 1.27 bits per heavy atom. The second-order valence-electron chi connectivity index (χ2n) is 7.36. The number of carbonyl (C=O) groups excluding carboxylic acids is 3. The highest BCUT2D eigenvalue weighted by atomic mass is 16.2. The van der Waals surface area contributed by atoms with Gasteiger partial charge >= 0.3 is 0 Å². The molecular weight excluding hydrogens is 332 g/mol. The zero-order chi connectivity index (χ0) is 18.7. The summed E-state index contributed by atoms with van der Waals surface area (Å²) in [4.78, 5) is 44.4. The maximum Gasteiger partial charge on any atom is 0.255 e. The molecule has 2 fully saturated rings. The van der Waals surface area contributed by atoms with Crippen LogP contribution < -0.4 is 5.32 Å². The Morgan fingerprint density at radius 3 is 2.58 bits per heavy atom. The molecule has 1 aromatic rings. The van der Waals surface area contributed by atoms with Crippen molar-refractivity contribution >= 4 is 17.7 Å². The van der Waals surface area contributed by atoms with Crippen molar-refractivity contribution in [2.75, 3.05) is 19.6 Å². The molecule has 7 nitrogen and oxygen atoms in total. The van der Waals surface area contributed by atoms with Crippen LogP contribution in [0, 0.1) is 5.92 Å². The summed E-state index contributed by atoms with van der Waals surface area (Å²) in [5.74, 6) is -0.271. The average molecular weight is 358 g/mol. The lowest BCUT2D eigenvalue weighted by atomic mass is 10.0. The molecule has 1 unspecified atom stereocenters. The van der Waals surface area contributed by atoms with E-state index < -0.39 is 0 Å². The number of pyridine rings is 1. The van der Waals surface area contributed by atoms with Crippen LogP contribution in [-0.4, -0.2) is 64.2 Å². The van der Waals surface area contributed by atoms with Gasteiger partial charge in [-0.2, -0.15) is 0 Å². The lowest BCUT2D eigenvalue weighted by Crippen LogP contribution is -2.48. The van der Waals surface area contributed by atoms with E-state index in [1.807, 2.05) is 13.8 Å². The Hall–Kier alpha value is -2.44. The predicted octanol–water partition coefficient (Wildman–Crippen LogP) is 1.06. The first kappa shape index (κ1) is 18.4. The Morgan fingerprint density at radius 2 is 2.00 bits per heavy atom. The number of hydrogen-bond acceptors (Lipinski definition) is 4. The lowest BCUT2D eigenvalue weighted by molar-refractivity contribution is -0.130. The van der Waals surface area contributed by atoms with Gasteiger partial charge in [0.25, 0.3) is 5.91 Å². The smallest absolute Gasteiger partial charge is 0.255 e. The summed E-state index contributed by atoms with van der Waals surface area (Å²) in [6, 6.07) is 3.70. The second kappa shape index (κ2) is 7.85. The molecule has 1 N–H and O–H groups in total. The fourth-order valence-corrected chi connectivity index (χ4v) is 3.62. The van der Waals surface area contributed by atoms with E-state index in [-0.39, 0.29) is 35.7 Å². The van der Waals surface area contributed by atoms with Gasteiger partial charge in [-0.3, -0.25) is 19.4 Å². The van der Waals surface area contributed by atoms with Crippen LogP contribution in [0.25, 0.3) is 0 Å². The quantitative estimate of drug-likeness (QED) is 0.872. The topological polar surface area (TPSA) is 82.6 Å². The Labute approximate surface area is 153 Å². The second-order valence-corrected chi connectivity index (χ2v) is 7.36. The number of piperidine rings is 1. The first-order valence-corrected chi connectivity index (χ1v) is 9.25. The third kappa shape index (κ3) is 4.03. The molecule has 1 aromatic heterocycles. The van der Waals surface area contributed by atoms with Crippen molar-refractivity contribution < 1.29 is 14.4 Å². The van der Waals surface area contributed by atoms with E-state index in [1.165, 1.54) is 0 Å². The molecule has 1 atom stereocenters. The summed E-state index contributed by atoms with van der Waals surface area (Å²) in [5.41, 5.74) is 0.591. The molecule has 2 saturated heterocycles. The fraction of sp³-hybridized carbons (Fsp3) is 0.579. The summed E-state index contributed by atoms with van der Waals surface area (Å²) < 4.78 is 0. The van der Waals surface area contributed by atoms with E-state index in [0.29, 0.717) is 31.6 Å². The van der Waals surface area contributed by atoms with E-state index in [9.17, 15) is 14.4 Å². The van der Waals surface area contributed by atoms with Gasteiger partial charge in [-0.05, 0) is 38.8 Å². The van der Waals surface area contributed by atoms with Gasteiger partial charge in [-0.15, -0.1) is 0 Å². The van der Waals surface area contributed by atoms with Gasteiger partial charge in [0.1, 0.15) is 0 Å². The Kier molecular flexibility index (Phi) is 5.54. The van der Waals surface area contributed by atoms with Crippen LogP contribution in [0.15, 0.2) is 24.5 Å². The van der Waals surface area contributed by atoms with Gasteiger partial charge in [0.2, 0.25) is 11.8 Å². The van der Waals surface area contributed by atoms with Crippen LogP contribution in [0.1, 0.15) is 43.5 Å². The van der Waals surface area contributed by atoms with Crippen LogP contribution in [-0.2, 0) is 9.59 Å². The van der Waals surface area contributed by atoms with Gasteiger partial charge in [0.15, 0.2) is 0 Å². The van der Waals surface area contributed by atoms with E-state index in [2.05, 4.69) is 10.3 Å². The largest absolute Gasteiger partial charge is 0.353 e. The summed E-state index contributed by atoms with van der Waals surface area (Å²) in [7, 11) is 0. The molecule has 140 valence electrons. The molecule has 3 rings (SSSR count). The number of aromatic nitrogens is 1. The number of likely N-dealkylation sites (tertiary alicyclic amines) is 2. The number of rotatable bonds is 4. The average Bonchev–Trinajstić information content (AvgIpc) is 3.05. The van der Waals surface area contributed by atoms with E-state index in [1.54, 1.807) is 34.3 Å². The normalized spacial score (nSPS) is 21.3. The van der Waals surface area contributed by atoms with Crippen molar-refractivity contribution in [1.82, 2.24) is 20.1 Å². The SMILES string of the molecule is CC(C)N1CC(C(=O)NC2CCN(C(=O)c3cccnc3)CC2)CC1=O. The highest BCUT2D eigenvalue weighted by molar-refractivity contribution is 5.94. The summed E-state index contributed by atoms with van der Waals surface area (Å²) in [6.07, 6.45) is 4.97. The van der Waals surface area contributed by atoms with E-state index in [4.69, 9.17) is 0 Å². The minimum absolute atomic E-state index is 0.0168. The maximum absolute atomic E-state index is 12.5. The highest BCUT2D eigenvalue weighted by Gasteiger charge is 2.36. The summed E-state index contributed by atoms with van der Waals surface area (Å²) in [5, 5.41) is 3.07. The standard InChI is InChI=1S/C19H26N4O3/c1-13(2)23-12-15(10-17(23)24)18(25)21-16-5-8-22(9-6-16)19(26)14-4-3-7-20-11-14/h3-4,7,11,13,15-16H,5-6,8-10,12H2,1-2H3,(H,21,25). The third-order valence-electron chi connectivity index (χ3n) is 5.19. The van der Waals surface area contributed by atoms with Crippen LogP contribution in [0.3, 0.4) is 0 Å². The molecule has 3 amide bonds. The van der Waals surface area contributed by atoms with Gasteiger partial charge < -0.3 is 15.1 Å². The Balaban J connectivity index is 1.48. The summed E-state index contributed by atoms with van der Waals surface area (Å²) in [6.45, 7) is 5.65. The molecule has 3 heterocycles. The van der Waals surface area contributed by atoms with Gasteiger partial charge in [0, 0.05) is 50.5 Å². The molecule has 2 aliphatic rings. The van der Waals surface area contributed by atoms with Crippen LogP contribution in [0.5, 0.6) is 0 Å². The maximum atomic E-state index is 12.5. The predicted molar refractivity (Wildman–Crippen MR) is 96.3 cm³/mol. The first-order chi connectivity index (χ1) is 12.5. The molecule has 0 spiro atoms. The van der Waals surface area contributed by atoms with Gasteiger partial charge in [-0.1, -0.05) is 0 Å². The van der Waals surface area contributed by atoms with Crippen molar-refractivity contribution in [3.63, 3.8) is 0 Å². The fourth-order valence-electron chi connectivity index (χ4n) is 3.62. The minimum atomic E-state index is -0.264. The van der Waals surface area contributed by atoms with Crippen LogP contribution in [0.2, 0.25) is 0 Å². The Bertz CT molecular complexity index is 669. The van der Waals surface area contributed by atoms with Crippen LogP contribution >= 0.6 is 0 Å². The number of carbonyl (C=O) groups is 3. The number of hydrogen-bond donors (Lipinski definition) is 1. The van der Waals surface area contributed by atoms with Crippen molar-refractivity contribution in [3.8, 4) is 0 Å². The van der Waals surface area contributed by atoms with Gasteiger partial charge in [-0.25, -0.2) is 0 Å². The molecule has 0 radical (unpaired) electrons. The highest BCUT2D eigenvalue weighted by Crippen LogP contribution is 2.21. The first-order valence-electron chi connectivity index (χ1n) is 9.25. The molecule has 0 bridgehead atoms. The third-order valence-corrected chi connectivity index (χ3v) is 5.19. The zero-order valence-corrected chi connectivity index (χ0v) is 15.4. The molecule has 0 saturated carbocycles. The van der Waals surface area contributed by atoms with E-state index in [0.717, 1.165) is 12.8 Å². The molecule has 7 heteroatoms. The lowest BCUT2D eigenvalue weighted by Gasteiger charge is -2.33. The number of amides is 3. The van der Waals surface area contributed by atoms with E-state index >= 15 is 0 Å². The van der Waals surface area contributed by atoms with Gasteiger partial charge in [0.05, 0.1) is 11.5 Å². The van der Waals surface area contributed by atoms with Crippen molar-refractivity contribution in [1.29, 1.82) is 0 Å². The zero-order valence-electron chi connectivity index (χ0n) is 15.4. The monoisotopic (exact) mass is 358 g/mol. The number of nitrogens with one attached hydrogen (secondary N) is 1. The molecular formula is C19H26N4O3. The van der Waals surface area contributed by atoms with Crippen molar-refractivity contribution in [2.45, 2.75) is 45.2 Å². The van der Waals surface area contributed by atoms with Crippen LogP contribution in [0.4, 0.5) is 0 Å². The number of nitrogens with zero attached hydrogens (tertiary/aromatic N) is 3. The van der Waals surface area contributed by atoms with Crippen molar-refractivity contribution in [3.05, 3.63) is 30.1 Å².